The zero-order valence-corrected chi connectivity index (χ0v) is 15.2. The molecule has 4 rings (SSSR count). The van der Waals surface area contributed by atoms with E-state index in [1.165, 1.54) is 23.9 Å². The van der Waals surface area contributed by atoms with Crippen LogP contribution in [0.3, 0.4) is 0 Å². The monoisotopic (exact) mass is 368 g/mol. The van der Waals surface area contributed by atoms with E-state index in [9.17, 15) is 9.65 Å². The first-order chi connectivity index (χ1) is 12.9. The lowest BCUT2D eigenvalue weighted by Crippen LogP contribution is -2.09. The average molecular weight is 368 g/mol. The van der Waals surface area contributed by atoms with Crippen molar-refractivity contribution >= 4 is 16.7 Å². The fourth-order valence-corrected chi connectivity index (χ4v) is 3.64. The van der Waals surface area contributed by atoms with Crippen LogP contribution in [0.15, 0.2) is 12.3 Å². The Morgan fingerprint density at radius 3 is 2.59 bits per heavy atom. The minimum absolute atomic E-state index is 0.0556. The second-order valence-electron chi connectivity index (χ2n) is 6.86. The molecule has 1 saturated carbocycles. The van der Waals surface area contributed by atoms with Crippen molar-refractivity contribution in [3.8, 4) is 17.5 Å². The van der Waals surface area contributed by atoms with Gasteiger partial charge in [-0.15, -0.1) is 0 Å². The molecule has 1 aromatic carbocycles. The molecule has 2 N–H and O–H groups in total. The van der Waals surface area contributed by atoms with Gasteiger partial charge in [-0.3, -0.25) is 9.55 Å². The van der Waals surface area contributed by atoms with Crippen LogP contribution in [0.5, 0.6) is 5.75 Å². The number of benzene rings is 1. The Labute approximate surface area is 155 Å². The molecule has 138 valence electrons. The van der Waals surface area contributed by atoms with Crippen LogP contribution in [0.4, 0.5) is 14.6 Å². The number of methoxy groups -OCH3 is 1. The Hall–Kier alpha value is -3.14. The first-order valence-corrected chi connectivity index (χ1v) is 8.63. The van der Waals surface area contributed by atoms with Crippen LogP contribution in [0.1, 0.15) is 41.1 Å². The molecule has 1 aliphatic rings. The predicted octanol–water partition coefficient (Wildman–Crippen LogP) is 4.26. The number of nitrogens with zero attached hydrogens (tertiary/aromatic N) is 3. The number of pyridine rings is 1. The molecule has 5 nitrogen and oxygen atoms in total. The van der Waals surface area contributed by atoms with Gasteiger partial charge in [0.15, 0.2) is 5.82 Å². The third kappa shape index (κ3) is 2.36. The number of halogens is 2. The molecule has 0 bridgehead atoms. The van der Waals surface area contributed by atoms with Crippen LogP contribution in [0.25, 0.3) is 16.6 Å². The molecule has 0 spiro atoms. The Balaban J connectivity index is 2.18. The number of nitrogen functional groups attached to an aromatic ring is 1. The summed E-state index contributed by atoms with van der Waals surface area (Å²) in [5.41, 5.74) is 8.15. The lowest BCUT2D eigenvalue weighted by Gasteiger charge is -2.18. The second kappa shape index (κ2) is 5.95. The van der Waals surface area contributed by atoms with Gasteiger partial charge in [-0.05, 0) is 26.7 Å². The third-order valence-electron chi connectivity index (χ3n) is 5.23. The summed E-state index contributed by atoms with van der Waals surface area (Å²) in [6.45, 7) is 3.34. The molecule has 0 radical (unpaired) electrons. The molecule has 3 aromatic rings. The highest BCUT2D eigenvalue weighted by Crippen LogP contribution is 2.44. The molecular formula is C20H18F2N4O. The van der Waals surface area contributed by atoms with Crippen molar-refractivity contribution in [1.29, 1.82) is 5.26 Å². The van der Waals surface area contributed by atoms with E-state index in [2.05, 4.69) is 4.98 Å². The van der Waals surface area contributed by atoms with Crippen molar-refractivity contribution < 1.29 is 13.5 Å². The highest BCUT2D eigenvalue weighted by atomic mass is 19.1. The Morgan fingerprint density at radius 1 is 1.30 bits per heavy atom. The van der Waals surface area contributed by atoms with Gasteiger partial charge in [0.25, 0.3) is 0 Å². The highest BCUT2D eigenvalue weighted by molar-refractivity contribution is 5.94. The number of aromatic nitrogens is 2. The molecule has 0 atom stereocenters. The summed E-state index contributed by atoms with van der Waals surface area (Å²) in [5, 5.41) is 9.88. The number of hydrogen-bond acceptors (Lipinski definition) is 4. The molecule has 2 heterocycles. The summed E-state index contributed by atoms with van der Waals surface area (Å²) in [7, 11) is 1.44. The van der Waals surface area contributed by atoms with E-state index in [4.69, 9.17) is 10.5 Å². The van der Waals surface area contributed by atoms with Gasteiger partial charge in [0.05, 0.1) is 24.0 Å². The van der Waals surface area contributed by atoms with Crippen LogP contribution in [0, 0.1) is 36.8 Å². The molecule has 0 unspecified atom stereocenters. The lowest BCUT2D eigenvalue weighted by molar-refractivity contribution is 0.407. The van der Waals surface area contributed by atoms with Gasteiger partial charge in [0, 0.05) is 34.7 Å². The number of hydrogen-bond donors (Lipinski definition) is 1. The first-order valence-electron chi connectivity index (χ1n) is 8.63. The summed E-state index contributed by atoms with van der Waals surface area (Å²) in [6.07, 6.45) is 3.24. The Morgan fingerprint density at radius 2 is 2.00 bits per heavy atom. The SMILES string of the molecule is COc1cc(F)c(C)c(-n2c(N)c(C#N)c3cnc(C4CC4)c(F)c32)c1C. The van der Waals surface area contributed by atoms with Crippen molar-refractivity contribution in [3.05, 3.63) is 46.3 Å². The van der Waals surface area contributed by atoms with E-state index >= 15 is 4.39 Å². The van der Waals surface area contributed by atoms with Gasteiger partial charge < -0.3 is 10.5 Å². The molecule has 7 heteroatoms. The number of rotatable bonds is 3. The number of nitrogens with two attached hydrogens (primary N) is 1. The van der Waals surface area contributed by atoms with Gasteiger partial charge in [0.2, 0.25) is 0 Å². The molecule has 1 aliphatic carbocycles. The smallest absolute Gasteiger partial charge is 0.169 e. The third-order valence-corrected chi connectivity index (χ3v) is 5.23. The zero-order valence-electron chi connectivity index (χ0n) is 15.2. The maximum absolute atomic E-state index is 15.4. The van der Waals surface area contributed by atoms with Gasteiger partial charge in [-0.1, -0.05) is 0 Å². The van der Waals surface area contributed by atoms with Crippen molar-refractivity contribution in [2.24, 2.45) is 0 Å². The quantitative estimate of drug-likeness (QED) is 0.749. The minimum Gasteiger partial charge on any atom is -0.496 e. The van der Waals surface area contributed by atoms with Gasteiger partial charge in [-0.2, -0.15) is 5.26 Å². The molecule has 27 heavy (non-hydrogen) atoms. The maximum atomic E-state index is 15.4. The molecular weight excluding hydrogens is 350 g/mol. The standard InChI is InChI=1S/C20H18F2N4O/c1-9-14(21)6-15(27-3)10(2)18(9)26-19-13(12(7-23)20(26)24)8-25-17(16(19)22)11-4-5-11/h6,8,11H,4-5,24H2,1-3H3. The van der Waals surface area contributed by atoms with E-state index in [0.29, 0.717) is 33.6 Å². The molecule has 1 fully saturated rings. The zero-order chi connectivity index (χ0) is 19.5. The first kappa shape index (κ1) is 17.3. The fraction of sp³-hybridized carbons (Fsp3) is 0.300. The number of anilines is 1. The lowest BCUT2D eigenvalue weighted by atomic mass is 10.1. The molecule has 0 amide bonds. The number of fused-ring (bicyclic) bond motifs is 1. The topological polar surface area (TPSA) is 76.9 Å². The van der Waals surface area contributed by atoms with E-state index in [1.54, 1.807) is 13.8 Å². The molecule has 2 aromatic heterocycles. The maximum Gasteiger partial charge on any atom is 0.169 e. The number of ether oxygens (including phenoxy) is 1. The fourth-order valence-electron chi connectivity index (χ4n) is 3.64. The van der Waals surface area contributed by atoms with Gasteiger partial charge in [-0.25, -0.2) is 8.78 Å². The molecule has 0 saturated heterocycles. The van der Waals surface area contributed by atoms with Crippen LogP contribution in [-0.4, -0.2) is 16.7 Å². The van der Waals surface area contributed by atoms with E-state index in [-0.39, 0.29) is 22.8 Å². The minimum atomic E-state index is -0.509. The van der Waals surface area contributed by atoms with E-state index in [1.807, 2.05) is 6.07 Å². The van der Waals surface area contributed by atoms with Crippen molar-refractivity contribution in [2.45, 2.75) is 32.6 Å². The van der Waals surface area contributed by atoms with Crippen molar-refractivity contribution in [2.75, 3.05) is 12.8 Å². The van der Waals surface area contributed by atoms with Crippen LogP contribution in [-0.2, 0) is 0 Å². The summed E-state index contributed by atoms with van der Waals surface area (Å²) in [5.74, 6) is -0.548. The van der Waals surface area contributed by atoms with Crippen LogP contribution < -0.4 is 10.5 Å². The highest BCUT2D eigenvalue weighted by Gasteiger charge is 2.32. The normalized spacial score (nSPS) is 13.8. The Bertz CT molecular complexity index is 1140. The van der Waals surface area contributed by atoms with E-state index < -0.39 is 11.6 Å². The van der Waals surface area contributed by atoms with E-state index in [0.717, 1.165) is 12.8 Å². The largest absolute Gasteiger partial charge is 0.496 e. The summed E-state index contributed by atoms with van der Waals surface area (Å²) in [4.78, 5) is 4.23. The van der Waals surface area contributed by atoms with Crippen LogP contribution >= 0.6 is 0 Å². The molecule has 0 aliphatic heterocycles. The van der Waals surface area contributed by atoms with Gasteiger partial charge >= 0.3 is 0 Å². The van der Waals surface area contributed by atoms with Crippen molar-refractivity contribution in [3.63, 3.8) is 0 Å². The summed E-state index contributed by atoms with van der Waals surface area (Å²) in [6, 6.07) is 3.31. The van der Waals surface area contributed by atoms with Crippen LogP contribution in [0.2, 0.25) is 0 Å². The summed E-state index contributed by atoms with van der Waals surface area (Å²) >= 11 is 0. The second-order valence-corrected chi connectivity index (χ2v) is 6.86. The number of nitriles is 1. The van der Waals surface area contributed by atoms with Crippen molar-refractivity contribution in [1.82, 2.24) is 9.55 Å². The summed E-state index contributed by atoms with van der Waals surface area (Å²) < 4.78 is 36.6. The van der Waals surface area contributed by atoms with Gasteiger partial charge in [0.1, 0.15) is 29.0 Å². The Kier molecular flexibility index (Phi) is 3.81. The predicted molar refractivity (Wildman–Crippen MR) is 98.1 cm³/mol. The average Bonchev–Trinajstić information content (AvgIpc) is 3.44.